The number of fused-ring (bicyclic) bond motifs is 1. The maximum atomic E-state index is 12.3. The molecule has 3 aromatic rings. The van der Waals surface area contributed by atoms with Crippen molar-refractivity contribution in [3.63, 3.8) is 0 Å². The number of amides is 2. The van der Waals surface area contributed by atoms with E-state index in [0.717, 1.165) is 10.8 Å². The van der Waals surface area contributed by atoms with Crippen molar-refractivity contribution in [2.24, 2.45) is 0 Å². The van der Waals surface area contributed by atoms with E-state index in [1.54, 1.807) is 36.4 Å². The van der Waals surface area contributed by atoms with E-state index in [-0.39, 0.29) is 6.54 Å². The second-order valence-corrected chi connectivity index (χ2v) is 6.81. The van der Waals surface area contributed by atoms with Gasteiger partial charge in [0.25, 0.3) is 11.8 Å². The van der Waals surface area contributed by atoms with Crippen LogP contribution in [0.5, 0.6) is 0 Å². The van der Waals surface area contributed by atoms with Crippen LogP contribution < -0.4 is 10.6 Å². The van der Waals surface area contributed by atoms with Crippen molar-refractivity contribution in [1.29, 1.82) is 0 Å². The molecular weight excluding hydrogens is 392 g/mol. The molecule has 0 aliphatic rings. The predicted octanol–water partition coefficient (Wildman–Crippen LogP) is 3.79. The highest BCUT2D eigenvalue weighted by Gasteiger charge is 2.18. The van der Waals surface area contributed by atoms with Crippen LogP contribution in [0.15, 0.2) is 66.7 Å². The maximum Gasteiger partial charge on any atom is 0.326 e. The number of ether oxygens (including phenoxy) is 1. The summed E-state index contributed by atoms with van der Waals surface area (Å²) in [4.78, 5) is 36.3. The first-order valence-electron chi connectivity index (χ1n) is 8.95. The molecule has 0 radical (unpaired) electrons. The summed E-state index contributed by atoms with van der Waals surface area (Å²) in [5, 5.41) is 7.61. The number of rotatable bonds is 6. The molecule has 3 rings (SSSR count). The lowest BCUT2D eigenvalue weighted by atomic mass is 10.1. The van der Waals surface area contributed by atoms with Crippen molar-refractivity contribution in [2.75, 3.05) is 11.9 Å². The normalized spacial score (nSPS) is 11.5. The summed E-state index contributed by atoms with van der Waals surface area (Å²) >= 11 is 5.80. The number of esters is 1. The molecule has 3 aromatic carbocycles. The number of benzene rings is 3. The highest BCUT2D eigenvalue weighted by atomic mass is 35.5. The summed E-state index contributed by atoms with van der Waals surface area (Å²) < 4.78 is 5.07. The number of hydrogen-bond acceptors (Lipinski definition) is 4. The highest BCUT2D eigenvalue weighted by Crippen LogP contribution is 2.16. The van der Waals surface area contributed by atoms with Crippen molar-refractivity contribution < 1.29 is 19.1 Å². The van der Waals surface area contributed by atoms with Gasteiger partial charge in [-0.15, -0.1) is 0 Å². The second kappa shape index (κ2) is 9.21. The van der Waals surface area contributed by atoms with E-state index in [2.05, 4.69) is 10.6 Å². The molecule has 7 heteroatoms. The molecular formula is C22H19ClN2O4. The van der Waals surface area contributed by atoms with Crippen LogP contribution in [0.2, 0.25) is 5.02 Å². The quantitative estimate of drug-likeness (QED) is 0.605. The van der Waals surface area contributed by atoms with Gasteiger partial charge >= 0.3 is 5.97 Å². The first-order chi connectivity index (χ1) is 13.9. The summed E-state index contributed by atoms with van der Waals surface area (Å²) in [6.07, 6.45) is -1.02. The minimum atomic E-state index is -1.02. The minimum Gasteiger partial charge on any atom is -0.451 e. The van der Waals surface area contributed by atoms with Gasteiger partial charge in [0.15, 0.2) is 6.10 Å². The summed E-state index contributed by atoms with van der Waals surface area (Å²) in [5.74, 6) is -1.59. The molecule has 1 atom stereocenters. The number of nitrogens with one attached hydrogen (secondary N) is 2. The third-order valence-electron chi connectivity index (χ3n) is 4.19. The first kappa shape index (κ1) is 20.4. The van der Waals surface area contributed by atoms with Crippen molar-refractivity contribution in [3.8, 4) is 0 Å². The molecule has 0 aliphatic heterocycles. The van der Waals surface area contributed by atoms with Crippen molar-refractivity contribution in [1.82, 2.24) is 5.32 Å². The molecule has 2 amide bonds. The molecule has 6 nitrogen and oxygen atoms in total. The van der Waals surface area contributed by atoms with E-state index in [9.17, 15) is 14.4 Å². The molecule has 0 bridgehead atoms. The van der Waals surface area contributed by atoms with Gasteiger partial charge in [-0.2, -0.15) is 0 Å². The van der Waals surface area contributed by atoms with E-state index in [0.29, 0.717) is 16.3 Å². The van der Waals surface area contributed by atoms with Gasteiger partial charge in [-0.25, -0.2) is 0 Å². The molecule has 148 valence electrons. The van der Waals surface area contributed by atoms with Crippen molar-refractivity contribution in [2.45, 2.75) is 13.0 Å². The Morgan fingerprint density at radius 3 is 2.38 bits per heavy atom. The summed E-state index contributed by atoms with van der Waals surface area (Å²) in [6, 6.07) is 19.5. The van der Waals surface area contributed by atoms with Crippen LogP contribution in [0.4, 0.5) is 5.69 Å². The average Bonchev–Trinajstić information content (AvgIpc) is 2.73. The number of hydrogen-bond donors (Lipinski definition) is 2. The Hall–Kier alpha value is -3.38. The molecule has 0 aliphatic carbocycles. The second-order valence-electron chi connectivity index (χ2n) is 6.37. The first-order valence-corrected chi connectivity index (χ1v) is 9.33. The third kappa shape index (κ3) is 5.56. The molecule has 0 aromatic heterocycles. The maximum absolute atomic E-state index is 12.3. The van der Waals surface area contributed by atoms with Crippen LogP contribution in [0.25, 0.3) is 10.8 Å². The summed E-state index contributed by atoms with van der Waals surface area (Å²) in [6.45, 7) is 1.11. The zero-order chi connectivity index (χ0) is 20.8. The smallest absolute Gasteiger partial charge is 0.326 e. The zero-order valence-corrected chi connectivity index (χ0v) is 16.4. The van der Waals surface area contributed by atoms with Gasteiger partial charge in [-0.05, 0) is 54.1 Å². The predicted molar refractivity (Wildman–Crippen MR) is 112 cm³/mol. The molecule has 0 heterocycles. The monoisotopic (exact) mass is 410 g/mol. The Morgan fingerprint density at radius 1 is 0.966 bits per heavy atom. The van der Waals surface area contributed by atoms with Gasteiger partial charge in [-0.1, -0.05) is 41.9 Å². The van der Waals surface area contributed by atoms with E-state index in [4.69, 9.17) is 16.3 Å². The van der Waals surface area contributed by atoms with E-state index < -0.39 is 23.9 Å². The number of anilines is 1. The standard InChI is InChI=1S/C22H19ClN2O4/c1-14(21(27)25-19-10-8-18(23)9-11-19)29-20(26)13-24-22(28)17-7-6-15-4-2-3-5-16(15)12-17/h2-12,14H,13H2,1H3,(H,24,28)(H,25,27)/t14-/m0/s1. The van der Waals surface area contributed by atoms with Gasteiger partial charge in [0.2, 0.25) is 0 Å². The summed E-state index contributed by atoms with van der Waals surface area (Å²) in [5.41, 5.74) is 0.969. The average molecular weight is 411 g/mol. The third-order valence-corrected chi connectivity index (χ3v) is 4.45. The fraction of sp³-hybridized carbons (Fsp3) is 0.136. The lowest BCUT2D eigenvalue weighted by Crippen LogP contribution is -2.35. The SMILES string of the molecule is C[C@H](OC(=O)CNC(=O)c1ccc2ccccc2c1)C(=O)Nc1ccc(Cl)cc1. The van der Waals surface area contributed by atoms with Gasteiger partial charge < -0.3 is 15.4 Å². The van der Waals surface area contributed by atoms with Crippen LogP contribution in [0.3, 0.4) is 0 Å². The van der Waals surface area contributed by atoms with Crippen LogP contribution in [-0.2, 0) is 14.3 Å². The minimum absolute atomic E-state index is 0.343. The van der Waals surface area contributed by atoms with E-state index in [1.165, 1.54) is 6.92 Å². The largest absolute Gasteiger partial charge is 0.451 e. The Bertz CT molecular complexity index is 1050. The Kier molecular flexibility index (Phi) is 6.46. The Labute approximate surface area is 172 Å². The Balaban J connectivity index is 1.49. The van der Waals surface area contributed by atoms with Crippen molar-refractivity contribution in [3.05, 3.63) is 77.3 Å². The number of carbonyl (C=O) groups excluding carboxylic acids is 3. The summed E-state index contributed by atoms with van der Waals surface area (Å²) in [7, 11) is 0. The van der Waals surface area contributed by atoms with E-state index in [1.807, 2.05) is 30.3 Å². The topological polar surface area (TPSA) is 84.5 Å². The molecule has 0 fully saturated rings. The number of carbonyl (C=O) groups is 3. The molecule has 0 unspecified atom stereocenters. The molecule has 0 saturated heterocycles. The van der Waals surface area contributed by atoms with Gasteiger partial charge in [0.1, 0.15) is 6.54 Å². The van der Waals surface area contributed by atoms with Crippen molar-refractivity contribution >= 4 is 45.8 Å². The van der Waals surface area contributed by atoms with Crippen LogP contribution in [0, 0.1) is 0 Å². The molecule has 0 spiro atoms. The lowest BCUT2D eigenvalue weighted by Gasteiger charge is -2.14. The molecule has 0 saturated carbocycles. The van der Waals surface area contributed by atoms with Crippen LogP contribution >= 0.6 is 11.6 Å². The molecule has 29 heavy (non-hydrogen) atoms. The lowest BCUT2D eigenvalue weighted by molar-refractivity contribution is -0.152. The fourth-order valence-electron chi connectivity index (χ4n) is 2.65. The van der Waals surface area contributed by atoms with Gasteiger partial charge in [0.05, 0.1) is 0 Å². The zero-order valence-electron chi connectivity index (χ0n) is 15.6. The highest BCUT2D eigenvalue weighted by molar-refractivity contribution is 6.30. The van der Waals surface area contributed by atoms with E-state index >= 15 is 0 Å². The number of halogens is 1. The van der Waals surface area contributed by atoms with Gasteiger partial charge in [0, 0.05) is 16.3 Å². The van der Waals surface area contributed by atoms with Crippen LogP contribution in [-0.4, -0.2) is 30.4 Å². The fourth-order valence-corrected chi connectivity index (χ4v) is 2.78. The Morgan fingerprint density at radius 2 is 1.66 bits per heavy atom. The van der Waals surface area contributed by atoms with Crippen LogP contribution in [0.1, 0.15) is 17.3 Å². The molecule has 2 N–H and O–H groups in total. The van der Waals surface area contributed by atoms with Gasteiger partial charge in [-0.3, -0.25) is 14.4 Å².